The lowest BCUT2D eigenvalue weighted by molar-refractivity contribution is 0.691. The number of hydrogen-bond acceptors (Lipinski definition) is 2. The molecule has 2 aromatic heterocycles. The summed E-state index contributed by atoms with van der Waals surface area (Å²) in [5, 5.41) is 8.69. The zero-order valence-corrected chi connectivity index (χ0v) is 27.2. The monoisotopic (exact) mass is 643 g/mol. The molecule has 1 aliphatic heterocycles. The van der Waals surface area contributed by atoms with Crippen LogP contribution in [0.25, 0.3) is 55.0 Å². The molecule has 0 bridgehead atoms. The molecule has 0 spiro atoms. The van der Waals surface area contributed by atoms with Crippen molar-refractivity contribution in [3.8, 4) is 11.4 Å². The number of nitrogens with two attached hydrogens (primary N) is 1. The molecule has 9 aromatic rings. The van der Waals surface area contributed by atoms with E-state index in [1.165, 1.54) is 43.6 Å². The summed E-state index contributed by atoms with van der Waals surface area (Å²) in [6.07, 6.45) is 0. The predicted octanol–water partition coefficient (Wildman–Crippen LogP) is 9.78. The van der Waals surface area contributed by atoms with Crippen LogP contribution in [0.1, 0.15) is 22.7 Å². The van der Waals surface area contributed by atoms with Crippen LogP contribution in [-0.2, 0) is 5.66 Å². The second-order valence-electron chi connectivity index (χ2n) is 13.1. The second-order valence-corrected chi connectivity index (χ2v) is 13.1. The Morgan fingerprint density at radius 2 is 1.10 bits per heavy atom. The van der Waals surface area contributed by atoms with Crippen molar-refractivity contribution >= 4 is 49.4 Å². The Bertz CT molecular complexity index is 2730. The number of benzene rings is 7. The fourth-order valence-electron chi connectivity index (χ4n) is 7.92. The summed E-state index contributed by atoms with van der Waals surface area (Å²) in [5.74, 6) is 0.519. The summed E-state index contributed by atoms with van der Waals surface area (Å²) in [5.41, 5.74) is 16.2. The lowest BCUT2D eigenvalue weighted by Crippen LogP contribution is -2.20. The third-order valence-corrected chi connectivity index (χ3v) is 10.2. The summed E-state index contributed by atoms with van der Waals surface area (Å²) >= 11 is 0. The van der Waals surface area contributed by atoms with Crippen LogP contribution in [0.3, 0.4) is 0 Å². The summed E-state index contributed by atoms with van der Waals surface area (Å²) in [4.78, 5) is 5.13. The molecule has 10 rings (SSSR count). The first-order valence-electron chi connectivity index (χ1n) is 17.1. The molecule has 0 aliphatic carbocycles. The standard InChI is InChI=1S/C45H33N5/c46-44(31-14-4-1-5-15-31)48-45(32-16-6-2-7-17-32)43(47-45)30-24-26-34(27-25-30)49-39-23-13-11-21-37(39)41-40(49)29-28-36-35-20-10-12-22-38(35)50(42(36)41)33-18-8-3-9-19-33/h1-29,43,47H,(H2,46,48)/t43?,45-/m0/s1. The third kappa shape index (κ3) is 4.27. The molecular formula is C45H33N5. The second kappa shape index (κ2) is 11.1. The molecule has 3 N–H and O–H groups in total. The predicted molar refractivity (Wildman–Crippen MR) is 206 cm³/mol. The van der Waals surface area contributed by atoms with Gasteiger partial charge in [0.25, 0.3) is 0 Å². The number of para-hydroxylation sites is 3. The number of fused-ring (bicyclic) bond motifs is 7. The average molecular weight is 644 g/mol. The van der Waals surface area contributed by atoms with Crippen LogP contribution < -0.4 is 11.1 Å². The van der Waals surface area contributed by atoms with Crippen molar-refractivity contribution in [2.24, 2.45) is 10.7 Å². The SMILES string of the molecule is N/C(=N\[C@]1(c2ccccc2)NC1c1ccc(-n2c3ccccc3c3c2ccc2c4ccccc4n(-c4ccccc4)c23)cc1)c1ccccc1. The van der Waals surface area contributed by atoms with Gasteiger partial charge in [-0.2, -0.15) is 0 Å². The van der Waals surface area contributed by atoms with Crippen molar-refractivity contribution < 1.29 is 0 Å². The highest BCUT2D eigenvalue weighted by atomic mass is 15.4. The van der Waals surface area contributed by atoms with Gasteiger partial charge in [-0.25, -0.2) is 4.99 Å². The van der Waals surface area contributed by atoms with Crippen LogP contribution in [0, 0.1) is 0 Å². The van der Waals surface area contributed by atoms with Crippen molar-refractivity contribution in [2.45, 2.75) is 11.7 Å². The van der Waals surface area contributed by atoms with E-state index in [9.17, 15) is 0 Å². The van der Waals surface area contributed by atoms with E-state index in [0.29, 0.717) is 5.84 Å². The third-order valence-electron chi connectivity index (χ3n) is 10.2. The number of rotatable bonds is 6. The van der Waals surface area contributed by atoms with Gasteiger partial charge in [-0.1, -0.05) is 133 Å². The van der Waals surface area contributed by atoms with E-state index in [4.69, 9.17) is 10.7 Å². The number of aliphatic imine (C=N–C) groups is 1. The van der Waals surface area contributed by atoms with E-state index in [1.54, 1.807) is 0 Å². The zero-order chi connectivity index (χ0) is 33.2. The zero-order valence-electron chi connectivity index (χ0n) is 27.2. The number of nitrogens with one attached hydrogen (secondary N) is 1. The maximum atomic E-state index is 6.61. The summed E-state index contributed by atoms with van der Waals surface area (Å²) in [6, 6.07) is 62.1. The molecular weight excluding hydrogens is 611 g/mol. The van der Waals surface area contributed by atoms with E-state index in [2.05, 4.69) is 154 Å². The molecule has 1 aliphatic rings. The Balaban J connectivity index is 1.13. The van der Waals surface area contributed by atoms with Gasteiger partial charge in [-0.05, 0) is 53.6 Å². The van der Waals surface area contributed by atoms with Gasteiger partial charge in [0, 0.05) is 38.5 Å². The van der Waals surface area contributed by atoms with Crippen molar-refractivity contribution in [3.63, 3.8) is 0 Å². The lowest BCUT2D eigenvalue weighted by Gasteiger charge is -2.14. The van der Waals surface area contributed by atoms with Gasteiger partial charge >= 0.3 is 0 Å². The number of hydrogen-bond donors (Lipinski definition) is 2. The minimum atomic E-state index is -0.633. The Hall–Kier alpha value is -6.43. The fourth-order valence-corrected chi connectivity index (χ4v) is 7.92. The van der Waals surface area contributed by atoms with Crippen LogP contribution >= 0.6 is 0 Å². The largest absolute Gasteiger partial charge is 0.383 e. The highest BCUT2D eigenvalue weighted by Gasteiger charge is 2.56. The van der Waals surface area contributed by atoms with Gasteiger partial charge in [0.15, 0.2) is 5.66 Å². The van der Waals surface area contributed by atoms with E-state index < -0.39 is 5.66 Å². The van der Waals surface area contributed by atoms with Crippen molar-refractivity contribution in [2.75, 3.05) is 0 Å². The minimum absolute atomic E-state index is 0.0134. The van der Waals surface area contributed by atoms with Crippen molar-refractivity contribution in [3.05, 3.63) is 193 Å². The number of aromatic nitrogens is 2. The van der Waals surface area contributed by atoms with E-state index in [1.807, 2.05) is 36.4 Å². The molecule has 0 saturated carbocycles. The highest BCUT2D eigenvalue weighted by molar-refractivity contribution is 6.26. The van der Waals surface area contributed by atoms with Gasteiger partial charge in [0.1, 0.15) is 5.84 Å². The van der Waals surface area contributed by atoms with Gasteiger partial charge in [-0.15, -0.1) is 0 Å². The van der Waals surface area contributed by atoms with Crippen LogP contribution in [-0.4, -0.2) is 15.0 Å². The minimum Gasteiger partial charge on any atom is -0.383 e. The smallest absolute Gasteiger partial charge is 0.158 e. The van der Waals surface area contributed by atoms with Gasteiger partial charge in [0.2, 0.25) is 0 Å². The van der Waals surface area contributed by atoms with Crippen LogP contribution in [0.4, 0.5) is 0 Å². The summed E-state index contributed by atoms with van der Waals surface area (Å²) in [7, 11) is 0. The van der Waals surface area contributed by atoms with Crippen molar-refractivity contribution in [1.82, 2.24) is 14.5 Å². The van der Waals surface area contributed by atoms with Gasteiger partial charge < -0.3 is 14.9 Å². The molecule has 1 fully saturated rings. The van der Waals surface area contributed by atoms with Gasteiger partial charge in [0.05, 0.1) is 28.1 Å². The quantitative estimate of drug-likeness (QED) is 0.108. The molecule has 1 unspecified atom stereocenters. The van der Waals surface area contributed by atoms with Crippen LogP contribution in [0.2, 0.25) is 0 Å². The molecule has 5 nitrogen and oxygen atoms in total. The van der Waals surface area contributed by atoms with E-state index in [0.717, 1.165) is 28.1 Å². The maximum Gasteiger partial charge on any atom is 0.158 e. The number of amidine groups is 1. The molecule has 238 valence electrons. The fraction of sp³-hybridized carbons (Fsp3) is 0.0444. The maximum absolute atomic E-state index is 6.61. The highest BCUT2D eigenvalue weighted by Crippen LogP contribution is 2.50. The first kappa shape index (κ1) is 28.6. The molecule has 3 heterocycles. The number of nitrogens with zero attached hydrogens (tertiary/aromatic N) is 3. The first-order chi connectivity index (χ1) is 24.7. The van der Waals surface area contributed by atoms with E-state index >= 15 is 0 Å². The molecule has 5 heteroatoms. The first-order valence-corrected chi connectivity index (χ1v) is 17.1. The summed E-state index contributed by atoms with van der Waals surface area (Å²) in [6.45, 7) is 0. The Morgan fingerprint density at radius 1 is 0.520 bits per heavy atom. The normalized spacial score (nSPS) is 17.6. The summed E-state index contributed by atoms with van der Waals surface area (Å²) < 4.78 is 4.83. The molecule has 7 aromatic carbocycles. The van der Waals surface area contributed by atoms with E-state index in [-0.39, 0.29) is 6.04 Å². The average Bonchev–Trinajstić information content (AvgIpc) is 3.67. The molecule has 50 heavy (non-hydrogen) atoms. The Labute approximate surface area is 289 Å². The Morgan fingerprint density at radius 3 is 1.82 bits per heavy atom. The van der Waals surface area contributed by atoms with Crippen molar-refractivity contribution in [1.29, 1.82) is 0 Å². The van der Waals surface area contributed by atoms with Gasteiger partial charge in [-0.3, -0.25) is 5.32 Å². The molecule has 0 radical (unpaired) electrons. The van der Waals surface area contributed by atoms with Crippen LogP contribution in [0.15, 0.2) is 181 Å². The Kier molecular flexibility index (Phi) is 6.32. The molecule has 0 amide bonds. The molecule has 2 atom stereocenters. The lowest BCUT2D eigenvalue weighted by atomic mass is 9.98. The van der Waals surface area contributed by atoms with Crippen LogP contribution in [0.5, 0.6) is 0 Å². The molecule has 1 saturated heterocycles. The topological polar surface area (TPSA) is 70.2 Å².